The largest absolute Gasteiger partial charge is 0.381 e. The number of benzene rings is 1. The van der Waals surface area contributed by atoms with Gasteiger partial charge in [-0.1, -0.05) is 6.07 Å². The summed E-state index contributed by atoms with van der Waals surface area (Å²) >= 11 is 0. The average molecular weight is 248 g/mol. The highest BCUT2D eigenvalue weighted by Crippen LogP contribution is 2.23. The summed E-state index contributed by atoms with van der Waals surface area (Å²) in [5.74, 6) is -0.375. The summed E-state index contributed by atoms with van der Waals surface area (Å²) in [6.45, 7) is 4.69. The van der Waals surface area contributed by atoms with Gasteiger partial charge < -0.3 is 15.4 Å². The quantitative estimate of drug-likeness (QED) is 0.883. The molecule has 98 valence electrons. The SMILES string of the molecule is CCN(c1cccc(C(N)=O)c1)C1CCOCC1. The van der Waals surface area contributed by atoms with E-state index >= 15 is 0 Å². The molecule has 0 aromatic heterocycles. The number of hydrogen-bond donors (Lipinski definition) is 1. The van der Waals surface area contributed by atoms with Gasteiger partial charge in [-0.05, 0) is 38.0 Å². The van der Waals surface area contributed by atoms with Gasteiger partial charge in [-0.3, -0.25) is 4.79 Å². The molecule has 1 aliphatic heterocycles. The highest BCUT2D eigenvalue weighted by molar-refractivity contribution is 5.93. The number of nitrogens with two attached hydrogens (primary N) is 1. The molecule has 2 rings (SSSR count). The second kappa shape index (κ2) is 5.87. The molecule has 1 amide bonds. The van der Waals surface area contributed by atoms with Crippen molar-refractivity contribution < 1.29 is 9.53 Å². The Morgan fingerprint density at radius 2 is 2.17 bits per heavy atom. The third kappa shape index (κ3) is 2.82. The summed E-state index contributed by atoms with van der Waals surface area (Å²) in [6.07, 6.45) is 2.07. The van der Waals surface area contributed by atoms with Gasteiger partial charge in [0.05, 0.1) is 0 Å². The van der Waals surface area contributed by atoms with Gasteiger partial charge in [-0.15, -0.1) is 0 Å². The molecule has 0 unspecified atom stereocenters. The molecule has 0 atom stereocenters. The van der Waals surface area contributed by atoms with Crippen LogP contribution in [0.4, 0.5) is 5.69 Å². The van der Waals surface area contributed by atoms with Crippen LogP contribution in [0.25, 0.3) is 0 Å². The van der Waals surface area contributed by atoms with Crippen LogP contribution in [-0.4, -0.2) is 31.7 Å². The Hall–Kier alpha value is -1.55. The number of hydrogen-bond acceptors (Lipinski definition) is 3. The first-order chi connectivity index (χ1) is 8.72. The highest BCUT2D eigenvalue weighted by atomic mass is 16.5. The summed E-state index contributed by atoms with van der Waals surface area (Å²) < 4.78 is 5.39. The van der Waals surface area contributed by atoms with E-state index in [0.717, 1.165) is 38.3 Å². The zero-order valence-electron chi connectivity index (χ0n) is 10.8. The second-order valence-corrected chi connectivity index (χ2v) is 4.54. The van der Waals surface area contributed by atoms with Gasteiger partial charge in [-0.2, -0.15) is 0 Å². The first-order valence-corrected chi connectivity index (χ1v) is 6.46. The molecule has 1 heterocycles. The van der Waals surface area contributed by atoms with Crippen LogP contribution in [0.15, 0.2) is 24.3 Å². The highest BCUT2D eigenvalue weighted by Gasteiger charge is 2.20. The number of anilines is 1. The van der Waals surface area contributed by atoms with Crippen LogP contribution < -0.4 is 10.6 Å². The Bertz CT molecular complexity index is 414. The average Bonchev–Trinajstić information content (AvgIpc) is 2.41. The van der Waals surface area contributed by atoms with Crippen LogP contribution in [0.1, 0.15) is 30.1 Å². The Labute approximate surface area is 108 Å². The molecule has 4 nitrogen and oxygen atoms in total. The lowest BCUT2D eigenvalue weighted by atomic mass is 10.1. The Morgan fingerprint density at radius 3 is 2.78 bits per heavy atom. The summed E-state index contributed by atoms with van der Waals surface area (Å²) in [5.41, 5.74) is 6.96. The third-order valence-corrected chi connectivity index (χ3v) is 3.43. The molecule has 0 bridgehead atoms. The lowest BCUT2D eigenvalue weighted by Gasteiger charge is -2.35. The van der Waals surface area contributed by atoms with Crippen molar-refractivity contribution >= 4 is 11.6 Å². The molecule has 0 spiro atoms. The number of amides is 1. The number of primary amides is 1. The zero-order chi connectivity index (χ0) is 13.0. The molecule has 0 saturated carbocycles. The van der Waals surface area contributed by atoms with Crippen molar-refractivity contribution in [3.8, 4) is 0 Å². The first kappa shape index (κ1) is 12.9. The molecule has 4 heteroatoms. The van der Waals surface area contributed by atoms with Crippen molar-refractivity contribution in [1.29, 1.82) is 0 Å². The Kier molecular flexibility index (Phi) is 4.20. The van der Waals surface area contributed by atoms with E-state index in [9.17, 15) is 4.79 Å². The minimum atomic E-state index is -0.375. The van der Waals surface area contributed by atoms with Gasteiger partial charge in [-0.25, -0.2) is 0 Å². The van der Waals surface area contributed by atoms with E-state index in [4.69, 9.17) is 10.5 Å². The number of carbonyl (C=O) groups excluding carboxylic acids is 1. The van der Waals surface area contributed by atoms with Crippen LogP contribution in [-0.2, 0) is 4.74 Å². The monoisotopic (exact) mass is 248 g/mol. The van der Waals surface area contributed by atoms with Crippen LogP contribution in [0, 0.1) is 0 Å². The van der Waals surface area contributed by atoms with E-state index in [0.29, 0.717) is 11.6 Å². The minimum Gasteiger partial charge on any atom is -0.381 e. The lowest BCUT2D eigenvalue weighted by molar-refractivity contribution is 0.0846. The minimum absolute atomic E-state index is 0.375. The van der Waals surface area contributed by atoms with Crippen molar-refractivity contribution in [2.24, 2.45) is 5.73 Å². The molecule has 1 saturated heterocycles. The summed E-state index contributed by atoms with van der Waals surface area (Å²) in [7, 11) is 0. The van der Waals surface area contributed by atoms with Crippen molar-refractivity contribution in [3.63, 3.8) is 0 Å². The second-order valence-electron chi connectivity index (χ2n) is 4.54. The maximum absolute atomic E-state index is 11.2. The number of ether oxygens (including phenoxy) is 1. The fraction of sp³-hybridized carbons (Fsp3) is 0.500. The van der Waals surface area contributed by atoms with Crippen molar-refractivity contribution in [2.75, 3.05) is 24.7 Å². The van der Waals surface area contributed by atoms with Crippen molar-refractivity contribution in [1.82, 2.24) is 0 Å². The zero-order valence-corrected chi connectivity index (χ0v) is 10.8. The van der Waals surface area contributed by atoms with Crippen LogP contribution >= 0.6 is 0 Å². The van der Waals surface area contributed by atoms with Gasteiger partial charge in [0.2, 0.25) is 5.91 Å². The molecule has 1 aromatic rings. The van der Waals surface area contributed by atoms with Crippen molar-refractivity contribution in [2.45, 2.75) is 25.8 Å². The summed E-state index contributed by atoms with van der Waals surface area (Å²) in [4.78, 5) is 13.6. The first-order valence-electron chi connectivity index (χ1n) is 6.46. The smallest absolute Gasteiger partial charge is 0.248 e. The van der Waals surface area contributed by atoms with Crippen molar-refractivity contribution in [3.05, 3.63) is 29.8 Å². The molecular weight excluding hydrogens is 228 g/mol. The van der Waals surface area contributed by atoms with E-state index in [1.165, 1.54) is 0 Å². The normalized spacial score (nSPS) is 16.5. The maximum atomic E-state index is 11.2. The molecule has 0 aliphatic carbocycles. The predicted molar refractivity (Wildman–Crippen MR) is 71.8 cm³/mol. The number of carbonyl (C=O) groups is 1. The third-order valence-electron chi connectivity index (χ3n) is 3.43. The van der Waals surface area contributed by atoms with Crippen LogP contribution in [0.5, 0.6) is 0 Å². The lowest BCUT2D eigenvalue weighted by Crippen LogP contribution is -2.39. The van der Waals surface area contributed by atoms with E-state index in [1.807, 2.05) is 18.2 Å². The number of nitrogens with zero attached hydrogens (tertiary/aromatic N) is 1. The number of rotatable bonds is 4. The van der Waals surface area contributed by atoms with Gasteiger partial charge in [0.25, 0.3) is 0 Å². The van der Waals surface area contributed by atoms with Gasteiger partial charge in [0.15, 0.2) is 0 Å². The Balaban J connectivity index is 2.20. The standard InChI is InChI=1S/C14H20N2O2/c1-2-16(12-6-8-18-9-7-12)13-5-3-4-11(10-13)14(15)17/h3-5,10,12H,2,6-9H2,1H3,(H2,15,17). The molecule has 1 aliphatic rings. The fourth-order valence-electron chi connectivity index (χ4n) is 2.49. The van der Waals surface area contributed by atoms with Crippen LogP contribution in [0.2, 0.25) is 0 Å². The molecule has 1 fully saturated rings. The molecule has 2 N–H and O–H groups in total. The van der Waals surface area contributed by atoms with Gasteiger partial charge >= 0.3 is 0 Å². The van der Waals surface area contributed by atoms with E-state index < -0.39 is 0 Å². The van der Waals surface area contributed by atoms with Crippen LogP contribution in [0.3, 0.4) is 0 Å². The topological polar surface area (TPSA) is 55.6 Å². The molecule has 18 heavy (non-hydrogen) atoms. The Morgan fingerprint density at radius 1 is 1.44 bits per heavy atom. The molecular formula is C14H20N2O2. The van der Waals surface area contributed by atoms with Gasteiger partial charge in [0.1, 0.15) is 0 Å². The predicted octanol–water partition coefficient (Wildman–Crippen LogP) is 1.79. The summed E-state index contributed by atoms with van der Waals surface area (Å²) in [6, 6.07) is 8.04. The maximum Gasteiger partial charge on any atom is 0.248 e. The van der Waals surface area contributed by atoms with E-state index in [1.54, 1.807) is 6.07 Å². The fourth-order valence-corrected chi connectivity index (χ4v) is 2.49. The molecule has 1 aromatic carbocycles. The van der Waals surface area contributed by atoms with E-state index in [2.05, 4.69) is 11.8 Å². The van der Waals surface area contributed by atoms with Gasteiger partial charge in [0, 0.05) is 37.1 Å². The van der Waals surface area contributed by atoms with E-state index in [-0.39, 0.29) is 5.91 Å². The summed E-state index contributed by atoms with van der Waals surface area (Å²) in [5, 5.41) is 0. The molecule has 0 radical (unpaired) electrons.